The number of hydrogen-bond donors (Lipinski definition) is 1. The second-order valence-corrected chi connectivity index (χ2v) is 3.84. The zero-order chi connectivity index (χ0) is 12.3. The lowest BCUT2D eigenvalue weighted by Crippen LogP contribution is -2.23. The summed E-state index contributed by atoms with van der Waals surface area (Å²) < 4.78 is 0. The van der Waals surface area contributed by atoms with Gasteiger partial charge in [-0.15, -0.1) is 5.10 Å². The molecule has 0 saturated carbocycles. The van der Waals surface area contributed by atoms with Crippen LogP contribution < -0.4 is 4.90 Å². The van der Waals surface area contributed by atoms with Crippen molar-refractivity contribution in [3.63, 3.8) is 0 Å². The number of anilines is 1. The van der Waals surface area contributed by atoms with Crippen molar-refractivity contribution < 1.29 is 9.90 Å². The Balaban J connectivity index is 3.28. The molecule has 5 heteroatoms. The van der Waals surface area contributed by atoms with Gasteiger partial charge in [-0.3, -0.25) is 0 Å². The number of aryl methyl sites for hydroxylation is 1. The average Bonchev–Trinajstić information content (AvgIpc) is 2.21. The molecule has 0 unspecified atom stereocenters. The largest absolute Gasteiger partial charge is 0.478 e. The van der Waals surface area contributed by atoms with Crippen LogP contribution in [0, 0.1) is 13.8 Å². The highest BCUT2D eigenvalue weighted by molar-refractivity contribution is 5.95. The standard InChI is InChI=1S/C11H17N3O2/c1-5-6-14(4)10-9(11(15)16)7(2)8(3)12-13-10/h5-6H2,1-4H3,(H,15,16). The fraction of sp³-hybridized carbons (Fsp3) is 0.545. The van der Waals surface area contributed by atoms with E-state index in [0.717, 1.165) is 13.0 Å². The van der Waals surface area contributed by atoms with Gasteiger partial charge in [-0.25, -0.2) is 4.79 Å². The van der Waals surface area contributed by atoms with E-state index < -0.39 is 5.97 Å². The molecule has 0 aliphatic carbocycles. The molecular formula is C11H17N3O2. The summed E-state index contributed by atoms with van der Waals surface area (Å²) in [6.07, 6.45) is 0.935. The van der Waals surface area contributed by atoms with E-state index in [1.54, 1.807) is 13.8 Å². The number of carboxylic acids is 1. The fourth-order valence-electron chi connectivity index (χ4n) is 1.56. The summed E-state index contributed by atoms with van der Waals surface area (Å²) in [6, 6.07) is 0. The predicted molar refractivity (Wildman–Crippen MR) is 62.0 cm³/mol. The average molecular weight is 223 g/mol. The van der Waals surface area contributed by atoms with Gasteiger partial charge in [0.05, 0.1) is 5.69 Å². The summed E-state index contributed by atoms with van der Waals surface area (Å²) in [5.41, 5.74) is 1.59. The molecule has 0 saturated heterocycles. The van der Waals surface area contributed by atoms with E-state index in [9.17, 15) is 9.90 Å². The number of hydrogen-bond acceptors (Lipinski definition) is 4. The van der Waals surface area contributed by atoms with Crippen molar-refractivity contribution in [2.45, 2.75) is 27.2 Å². The van der Waals surface area contributed by atoms with Crippen LogP contribution in [0.25, 0.3) is 0 Å². The molecule has 0 atom stereocenters. The van der Waals surface area contributed by atoms with Crippen LogP contribution in [0.4, 0.5) is 5.82 Å². The maximum atomic E-state index is 11.2. The minimum absolute atomic E-state index is 0.253. The summed E-state index contributed by atoms with van der Waals surface area (Å²) >= 11 is 0. The maximum Gasteiger partial charge on any atom is 0.339 e. The number of carbonyl (C=O) groups is 1. The molecule has 1 rings (SSSR count). The summed E-state index contributed by atoms with van der Waals surface area (Å²) in [5.74, 6) is -0.508. The van der Waals surface area contributed by atoms with Crippen molar-refractivity contribution in [1.29, 1.82) is 0 Å². The molecule has 0 bridgehead atoms. The normalized spacial score (nSPS) is 10.2. The lowest BCUT2D eigenvalue weighted by atomic mass is 10.1. The third-order valence-electron chi connectivity index (χ3n) is 2.57. The molecule has 0 aliphatic heterocycles. The molecule has 16 heavy (non-hydrogen) atoms. The van der Waals surface area contributed by atoms with Crippen molar-refractivity contribution in [2.24, 2.45) is 0 Å². The summed E-state index contributed by atoms with van der Waals surface area (Å²) in [6.45, 7) is 6.32. The Morgan fingerprint density at radius 3 is 2.50 bits per heavy atom. The van der Waals surface area contributed by atoms with Crippen LogP contribution in [0.5, 0.6) is 0 Å². The lowest BCUT2D eigenvalue weighted by molar-refractivity contribution is 0.0696. The first-order valence-electron chi connectivity index (χ1n) is 5.27. The molecule has 0 aliphatic rings. The molecule has 0 spiro atoms. The highest BCUT2D eigenvalue weighted by atomic mass is 16.4. The van der Waals surface area contributed by atoms with Crippen molar-refractivity contribution in [1.82, 2.24) is 10.2 Å². The van der Waals surface area contributed by atoms with E-state index in [1.807, 2.05) is 18.9 Å². The smallest absolute Gasteiger partial charge is 0.339 e. The Morgan fingerprint density at radius 2 is 2.00 bits per heavy atom. The van der Waals surface area contributed by atoms with E-state index in [4.69, 9.17) is 0 Å². The summed E-state index contributed by atoms with van der Waals surface area (Å²) in [7, 11) is 1.83. The molecule has 0 fully saturated rings. The topological polar surface area (TPSA) is 66.3 Å². The Kier molecular flexibility index (Phi) is 3.82. The highest BCUT2D eigenvalue weighted by Crippen LogP contribution is 2.21. The Labute approximate surface area is 95.1 Å². The molecule has 0 amide bonds. The molecule has 1 aromatic rings. The number of aromatic nitrogens is 2. The first kappa shape index (κ1) is 12.4. The van der Waals surface area contributed by atoms with E-state index in [0.29, 0.717) is 17.1 Å². The number of carboxylic acid groups (broad SMARTS) is 1. The predicted octanol–water partition coefficient (Wildman–Crippen LogP) is 1.64. The van der Waals surface area contributed by atoms with Crippen LogP contribution in [0.3, 0.4) is 0 Å². The quantitative estimate of drug-likeness (QED) is 0.840. The fourth-order valence-corrected chi connectivity index (χ4v) is 1.56. The van der Waals surface area contributed by atoms with Crippen molar-refractivity contribution in [3.05, 3.63) is 16.8 Å². The van der Waals surface area contributed by atoms with Crippen molar-refractivity contribution in [3.8, 4) is 0 Å². The van der Waals surface area contributed by atoms with Gasteiger partial charge in [0.2, 0.25) is 0 Å². The molecule has 5 nitrogen and oxygen atoms in total. The van der Waals surface area contributed by atoms with Crippen LogP contribution >= 0.6 is 0 Å². The zero-order valence-corrected chi connectivity index (χ0v) is 10.1. The number of aromatic carboxylic acids is 1. The summed E-state index contributed by atoms with van der Waals surface area (Å²) in [5, 5.41) is 17.1. The van der Waals surface area contributed by atoms with Crippen molar-refractivity contribution >= 4 is 11.8 Å². The molecule has 88 valence electrons. The van der Waals surface area contributed by atoms with Crippen LogP contribution in [-0.2, 0) is 0 Å². The van der Waals surface area contributed by atoms with Gasteiger partial charge in [0, 0.05) is 13.6 Å². The second kappa shape index (κ2) is 4.92. The highest BCUT2D eigenvalue weighted by Gasteiger charge is 2.19. The van der Waals surface area contributed by atoms with Gasteiger partial charge in [-0.05, 0) is 25.8 Å². The number of nitrogens with zero attached hydrogens (tertiary/aromatic N) is 3. The van der Waals surface area contributed by atoms with Gasteiger partial charge in [-0.2, -0.15) is 5.10 Å². The third-order valence-corrected chi connectivity index (χ3v) is 2.57. The first-order chi connectivity index (χ1) is 7.49. The van der Waals surface area contributed by atoms with Crippen LogP contribution in [0.15, 0.2) is 0 Å². The van der Waals surface area contributed by atoms with Gasteiger partial charge in [0.25, 0.3) is 0 Å². The van der Waals surface area contributed by atoms with Gasteiger partial charge in [-0.1, -0.05) is 6.92 Å². The molecule has 0 aromatic carbocycles. The van der Waals surface area contributed by atoms with Crippen LogP contribution in [0.1, 0.15) is 35.0 Å². The van der Waals surface area contributed by atoms with Gasteiger partial charge in [0.15, 0.2) is 5.82 Å². The van der Waals surface area contributed by atoms with E-state index >= 15 is 0 Å². The van der Waals surface area contributed by atoms with Gasteiger partial charge >= 0.3 is 5.97 Å². The Morgan fingerprint density at radius 1 is 1.38 bits per heavy atom. The van der Waals surface area contributed by atoms with Gasteiger partial charge in [0.1, 0.15) is 5.56 Å². The molecule has 1 aromatic heterocycles. The van der Waals surface area contributed by atoms with Crippen molar-refractivity contribution in [2.75, 3.05) is 18.5 Å². The molecule has 1 heterocycles. The Hall–Kier alpha value is -1.65. The lowest BCUT2D eigenvalue weighted by Gasteiger charge is -2.19. The van der Waals surface area contributed by atoms with E-state index in [1.165, 1.54) is 0 Å². The van der Waals surface area contributed by atoms with E-state index in [-0.39, 0.29) is 5.56 Å². The molecule has 0 radical (unpaired) electrons. The zero-order valence-electron chi connectivity index (χ0n) is 10.1. The second-order valence-electron chi connectivity index (χ2n) is 3.84. The molecular weight excluding hydrogens is 206 g/mol. The SMILES string of the molecule is CCCN(C)c1nnc(C)c(C)c1C(=O)O. The molecule has 1 N–H and O–H groups in total. The monoisotopic (exact) mass is 223 g/mol. The maximum absolute atomic E-state index is 11.2. The van der Waals surface area contributed by atoms with Gasteiger partial charge < -0.3 is 10.0 Å². The number of rotatable bonds is 4. The minimum Gasteiger partial charge on any atom is -0.478 e. The first-order valence-corrected chi connectivity index (χ1v) is 5.27. The van der Waals surface area contributed by atoms with Crippen LogP contribution in [-0.4, -0.2) is 34.9 Å². The minimum atomic E-state index is -0.951. The third kappa shape index (κ3) is 2.29. The summed E-state index contributed by atoms with van der Waals surface area (Å²) in [4.78, 5) is 13.0. The Bertz CT molecular complexity index is 404. The van der Waals surface area contributed by atoms with Crippen LogP contribution in [0.2, 0.25) is 0 Å². The van der Waals surface area contributed by atoms with E-state index in [2.05, 4.69) is 10.2 Å².